The first-order valence-electron chi connectivity index (χ1n) is 12.6. The normalized spacial score (nSPS) is 13.7. The first-order chi connectivity index (χ1) is 18.6. The van der Waals surface area contributed by atoms with Crippen LogP contribution in [-0.2, 0) is 9.59 Å². The first kappa shape index (κ1) is 27.6. The lowest BCUT2D eigenvalue weighted by atomic mass is 9.99. The molecule has 1 aliphatic rings. The highest BCUT2D eigenvalue weighted by molar-refractivity contribution is 6.37. The molecule has 4 rings (SSSR count). The number of rotatable bonds is 10. The van der Waals surface area contributed by atoms with Crippen LogP contribution in [0.1, 0.15) is 21.5 Å². The predicted molar refractivity (Wildman–Crippen MR) is 155 cm³/mol. The number of aromatic carboxylic acids is 1. The number of hydrogen-bond donors (Lipinski definition) is 3. The Morgan fingerprint density at radius 2 is 1.56 bits per heavy atom. The van der Waals surface area contributed by atoms with E-state index in [0.29, 0.717) is 29.1 Å². The third-order valence-corrected chi connectivity index (χ3v) is 6.56. The Bertz CT molecular complexity index is 1400. The Balaban J connectivity index is 1.59. The summed E-state index contributed by atoms with van der Waals surface area (Å²) in [6.07, 6.45) is 0. The molecule has 0 saturated carbocycles. The summed E-state index contributed by atoms with van der Waals surface area (Å²) in [6, 6.07) is 21.5. The number of carboxylic acids is 1. The number of carbonyl (C=O) groups is 3. The zero-order chi connectivity index (χ0) is 28.1. The molecule has 0 fully saturated rings. The van der Waals surface area contributed by atoms with Crippen molar-refractivity contribution in [3.8, 4) is 0 Å². The SMILES string of the molecule is CN(C)CCN(C)CC(=O)N(C)c1ccc(N/C(=C2\C(=O)Nc3cc(C(=O)O)ccc32)c2ccccc2)cc1. The van der Waals surface area contributed by atoms with Gasteiger partial charge in [0, 0.05) is 37.1 Å². The van der Waals surface area contributed by atoms with Gasteiger partial charge in [0.25, 0.3) is 5.91 Å². The maximum absolute atomic E-state index is 13.1. The van der Waals surface area contributed by atoms with Crippen molar-refractivity contribution in [1.82, 2.24) is 9.80 Å². The maximum atomic E-state index is 13.1. The minimum atomic E-state index is -1.06. The molecule has 0 unspecified atom stereocenters. The van der Waals surface area contributed by atoms with E-state index in [-0.39, 0.29) is 17.4 Å². The minimum Gasteiger partial charge on any atom is -0.478 e. The van der Waals surface area contributed by atoms with Crippen molar-refractivity contribution in [1.29, 1.82) is 0 Å². The zero-order valence-corrected chi connectivity index (χ0v) is 22.6. The highest BCUT2D eigenvalue weighted by Crippen LogP contribution is 2.38. The number of nitrogens with one attached hydrogen (secondary N) is 2. The second kappa shape index (κ2) is 11.9. The van der Waals surface area contributed by atoms with E-state index in [4.69, 9.17) is 0 Å². The smallest absolute Gasteiger partial charge is 0.335 e. The molecule has 0 aromatic heterocycles. The molecule has 3 aromatic carbocycles. The fourth-order valence-electron chi connectivity index (χ4n) is 4.28. The second-order valence-electron chi connectivity index (χ2n) is 9.80. The van der Waals surface area contributed by atoms with Gasteiger partial charge < -0.3 is 25.5 Å². The van der Waals surface area contributed by atoms with E-state index in [1.807, 2.05) is 80.6 Å². The monoisotopic (exact) mass is 527 g/mol. The maximum Gasteiger partial charge on any atom is 0.335 e. The summed E-state index contributed by atoms with van der Waals surface area (Å²) < 4.78 is 0. The summed E-state index contributed by atoms with van der Waals surface area (Å²) in [4.78, 5) is 43.0. The Morgan fingerprint density at radius 1 is 0.872 bits per heavy atom. The Kier molecular flexibility index (Phi) is 8.43. The van der Waals surface area contributed by atoms with Gasteiger partial charge >= 0.3 is 5.97 Å². The summed E-state index contributed by atoms with van der Waals surface area (Å²) in [5.74, 6) is -1.39. The molecule has 0 spiro atoms. The molecule has 0 bridgehead atoms. The highest BCUT2D eigenvalue weighted by atomic mass is 16.4. The molecule has 0 atom stereocenters. The van der Waals surface area contributed by atoms with Gasteiger partial charge in [0.05, 0.1) is 29.1 Å². The van der Waals surface area contributed by atoms with Gasteiger partial charge in [0.1, 0.15) is 0 Å². The van der Waals surface area contributed by atoms with Crippen molar-refractivity contribution in [2.24, 2.45) is 0 Å². The third kappa shape index (κ3) is 6.51. The van der Waals surface area contributed by atoms with Crippen LogP contribution in [0.25, 0.3) is 11.3 Å². The molecule has 2 amide bonds. The largest absolute Gasteiger partial charge is 0.478 e. The molecule has 1 heterocycles. The van der Waals surface area contributed by atoms with Gasteiger partial charge in [-0.05, 0) is 63.1 Å². The van der Waals surface area contributed by atoms with E-state index in [2.05, 4.69) is 15.5 Å². The molecule has 0 aliphatic carbocycles. The van der Waals surface area contributed by atoms with E-state index >= 15 is 0 Å². The van der Waals surface area contributed by atoms with Crippen LogP contribution in [0.15, 0.2) is 72.8 Å². The topological polar surface area (TPSA) is 105 Å². The fraction of sp³-hybridized carbons (Fsp3) is 0.233. The van der Waals surface area contributed by atoms with E-state index in [9.17, 15) is 19.5 Å². The van der Waals surface area contributed by atoms with Gasteiger partial charge in [-0.25, -0.2) is 4.79 Å². The number of fused-ring (bicyclic) bond motifs is 1. The number of carboxylic acid groups (broad SMARTS) is 1. The molecule has 0 radical (unpaired) electrons. The van der Waals surface area contributed by atoms with Gasteiger partial charge in [0.15, 0.2) is 0 Å². The summed E-state index contributed by atoms with van der Waals surface area (Å²) in [6.45, 7) is 1.98. The average molecular weight is 528 g/mol. The van der Waals surface area contributed by atoms with Crippen LogP contribution in [-0.4, -0.2) is 80.5 Å². The second-order valence-corrected chi connectivity index (χ2v) is 9.80. The summed E-state index contributed by atoms with van der Waals surface area (Å²) >= 11 is 0. The van der Waals surface area contributed by atoms with E-state index in [0.717, 1.165) is 30.0 Å². The van der Waals surface area contributed by atoms with Crippen LogP contribution < -0.4 is 15.5 Å². The van der Waals surface area contributed by atoms with Crippen LogP contribution in [0.5, 0.6) is 0 Å². The lowest BCUT2D eigenvalue weighted by molar-refractivity contribution is -0.119. The molecule has 3 N–H and O–H groups in total. The van der Waals surface area contributed by atoms with Crippen molar-refractivity contribution in [3.05, 3.63) is 89.5 Å². The van der Waals surface area contributed by atoms with Crippen LogP contribution in [0.4, 0.5) is 17.1 Å². The number of likely N-dealkylation sites (N-methyl/N-ethyl adjacent to an activating group) is 3. The predicted octanol–water partition coefficient (Wildman–Crippen LogP) is 3.77. The number of anilines is 3. The van der Waals surface area contributed by atoms with Crippen LogP contribution >= 0.6 is 0 Å². The van der Waals surface area contributed by atoms with Crippen molar-refractivity contribution in [2.75, 3.05) is 63.4 Å². The third-order valence-electron chi connectivity index (χ3n) is 6.56. The van der Waals surface area contributed by atoms with Gasteiger partial charge in [-0.3, -0.25) is 14.5 Å². The fourth-order valence-corrected chi connectivity index (χ4v) is 4.28. The van der Waals surface area contributed by atoms with Crippen molar-refractivity contribution >= 4 is 46.1 Å². The molecule has 9 nitrogen and oxygen atoms in total. The summed E-state index contributed by atoms with van der Waals surface area (Å²) in [5, 5.41) is 15.5. The zero-order valence-electron chi connectivity index (χ0n) is 22.6. The standard InChI is InChI=1S/C30H33N5O4/c1-33(2)16-17-34(3)19-26(36)35(4)23-13-11-22(12-14-23)31-28(20-8-6-5-7-9-20)27-24-15-10-21(30(38)39)18-25(24)32-29(27)37/h5-15,18,31H,16-17,19H2,1-4H3,(H,32,37)(H,38,39)/b28-27-. The van der Waals surface area contributed by atoms with Gasteiger partial charge in [-0.1, -0.05) is 36.4 Å². The number of benzene rings is 3. The van der Waals surface area contributed by atoms with Gasteiger partial charge in [-0.15, -0.1) is 0 Å². The minimum absolute atomic E-state index is 0.0102. The van der Waals surface area contributed by atoms with Crippen molar-refractivity contribution < 1.29 is 19.5 Å². The molecule has 3 aromatic rings. The molecule has 0 saturated heterocycles. The quantitative estimate of drug-likeness (QED) is 0.345. The Hall–Kier alpha value is -4.47. The number of nitrogens with zero attached hydrogens (tertiary/aromatic N) is 3. The average Bonchev–Trinajstić information content (AvgIpc) is 3.25. The molecular weight excluding hydrogens is 494 g/mol. The molecule has 39 heavy (non-hydrogen) atoms. The summed E-state index contributed by atoms with van der Waals surface area (Å²) in [7, 11) is 7.70. The van der Waals surface area contributed by atoms with Gasteiger partial charge in [-0.2, -0.15) is 0 Å². The Morgan fingerprint density at radius 3 is 2.21 bits per heavy atom. The van der Waals surface area contributed by atoms with Crippen LogP contribution in [0, 0.1) is 0 Å². The van der Waals surface area contributed by atoms with E-state index in [1.54, 1.807) is 18.0 Å². The van der Waals surface area contributed by atoms with Crippen molar-refractivity contribution in [3.63, 3.8) is 0 Å². The number of hydrogen-bond acceptors (Lipinski definition) is 6. The molecule has 9 heteroatoms. The molecule has 202 valence electrons. The van der Waals surface area contributed by atoms with Gasteiger partial charge in [0.2, 0.25) is 5.91 Å². The summed E-state index contributed by atoms with van der Waals surface area (Å²) in [5.41, 5.74) is 4.48. The lowest BCUT2D eigenvalue weighted by Gasteiger charge is -2.23. The molecule has 1 aliphatic heterocycles. The Labute approximate surface area is 228 Å². The van der Waals surface area contributed by atoms with Crippen molar-refractivity contribution in [2.45, 2.75) is 0 Å². The van der Waals surface area contributed by atoms with E-state index in [1.165, 1.54) is 12.1 Å². The van der Waals surface area contributed by atoms with E-state index < -0.39 is 5.97 Å². The van der Waals surface area contributed by atoms with Crippen LogP contribution in [0.3, 0.4) is 0 Å². The van der Waals surface area contributed by atoms with Crippen LogP contribution in [0.2, 0.25) is 0 Å². The number of carbonyl (C=O) groups excluding carboxylic acids is 2. The first-order valence-corrected chi connectivity index (χ1v) is 12.6. The molecular formula is C30H33N5O4. The lowest BCUT2D eigenvalue weighted by Crippen LogP contribution is -2.39. The number of amides is 2. The highest BCUT2D eigenvalue weighted by Gasteiger charge is 2.29.